The summed E-state index contributed by atoms with van der Waals surface area (Å²) in [6, 6.07) is 33.5. The van der Waals surface area contributed by atoms with Gasteiger partial charge in [0.1, 0.15) is 0 Å². The highest BCUT2D eigenvalue weighted by Crippen LogP contribution is 2.51. The number of rotatable bonds is 4. The van der Waals surface area contributed by atoms with E-state index in [1.807, 2.05) is 12.1 Å². The molecule has 3 heteroatoms. The third kappa shape index (κ3) is 4.22. The van der Waals surface area contributed by atoms with E-state index in [2.05, 4.69) is 106 Å². The Balaban J connectivity index is 1.90. The lowest BCUT2D eigenvalue weighted by atomic mass is 10.0. The number of para-hydroxylation sites is 2. The molecule has 4 N–H and O–H groups in total. The molecule has 0 aromatic heterocycles. The van der Waals surface area contributed by atoms with E-state index in [0.29, 0.717) is 0 Å². The lowest BCUT2D eigenvalue weighted by Crippen LogP contribution is -2.29. The molecule has 0 aliphatic heterocycles. The topological polar surface area (TPSA) is 52.0 Å². The summed E-state index contributed by atoms with van der Waals surface area (Å²) in [6.45, 7) is 6.84. The fourth-order valence-corrected chi connectivity index (χ4v) is 6.99. The summed E-state index contributed by atoms with van der Waals surface area (Å²) in [6.07, 6.45) is 0. The van der Waals surface area contributed by atoms with Crippen LogP contribution in [0, 0.1) is 0 Å². The molecule has 2 nitrogen and oxygen atoms in total. The van der Waals surface area contributed by atoms with E-state index in [1.165, 1.54) is 10.6 Å². The molecule has 0 saturated heterocycles. The van der Waals surface area contributed by atoms with Gasteiger partial charge in [0, 0.05) is 33.1 Å². The van der Waals surface area contributed by atoms with Crippen molar-refractivity contribution in [2.45, 2.75) is 25.9 Å². The molecule has 0 bridgehead atoms. The van der Waals surface area contributed by atoms with E-state index >= 15 is 0 Å². The highest BCUT2D eigenvalue weighted by Gasteiger charge is 2.31. The van der Waals surface area contributed by atoms with Crippen molar-refractivity contribution in [1.82, 2.24) is 0 Å². The molecule has 31 heavy (non-hydrogen) atoms. The van der Waals surface area contributed by atoms with E-state index in [9.17, 15) is 0 Å². The second kappa shape index (κ2) is 8.57. The van der Waals surface area contributed by atoms with Gasteiger partial charge in [-0.3, -0.25) is 0 Å². The van der Waals surface area contributed by atoms with Crippen molar-refractivity contribution in [3.63, 3.8) is 0 Å². The molecule has 0 spiro atoms. The molecule has 0 saturated carbocycles. The van der Waals surface area contributed by atoms with E-state index in [1.54, 1.807) is 0 Å². The van der Waals surface area contributed by atoms with Crippen LogP contribution in [0.3, 0.4) is 0 Å². The number of hydrogen-bond acceptors (Lipinski definition) is 2. The van der Waals surface area contributed by atoms with E-state index in [0.717, 1.165) is 33.6 Å². The van der Waals surface area contributed by atoms with Crippen LogP contribution in [0.15, 0.2) is 97.1 Å². The van der Waals surface area contributed by atoms with Crippen LogP contribution in [0.25, 0.3) is 22.3 Å². The van der Waals surface area contributed by atoms with Crippen LogP contribution < -0.4 is 22.1 Å². The highest BCUT2D eigenvalue weighted by atomic mass is 31.1. The van der Waals surface area contributed by atoms with Gasteiger partial charge in [0.2, 0.25) is 0 Å². The second-order valence-electron chi connectivity index (χ2n) is 8.72. The molecule has 0 aliphatic carbocycles. The van der Waals surface area contributed by atoms with Crippen molar-refractivity contribution in [2.24, 2.45) is 0 Å². The Morgan fingerprint density at radius 2 is 0.903 bits per heavy atom. The summed E-state index contributed by atoms with van der Waals surface area (Å²) in [5, 5.41) is 2.35. The van der Waals surface area contributed by atoms with Crippen LogP contribution in [0.4, 0.5) is 11.4 Å². The summed E-state index contributed by atoms with van der Waals surface area (Å²) in [5.74, 6) is 0. The maximum Gasteiger partial charge on any atom is 0.0475 e. The Labute approximate surface area is 186 Å². The van der Waals surface area contributed by atoms with Crippen molar-refractivity contribution in [3.8, 4) is 22.3 Å². The van der Waals surface area contributed by atoms with Crippen molar-refractivity contribution < 1.29 is 0 Å². The summed E-state index contributed by atoms with van der Waals surface area (Å²) in [7, 11) is -0.797. The van der Waals surface area contributed by atoms with Crippen LogP contribution in [-0.2, 0) is 0 Å². The average Bonchev–Trinajstić information content (AvgIpc) is 2.77. The smallest absolute Gasteiger partial charge is 0.0475 e. The molecule has 0 amide bonds. The maximum atomic E-state index is 6.82. The lowest BCUT2D eigenvalue weighted by Gasteiger charge is -2.34. The van der Waals surface area contributed by atoms with Crippen LogP contribution in [-0.4, -0.2) is 5.16 Å². The quantitative estimate of drug-likeness (QED) is 0.293. The minimum absolute atomic E-state index is 0.0117. The first-order chi connectivity index (χ1) is 14.9. The second-order valence-corrected chi connectivity index (χ2v) is 11.7. The molecule has 4 aromatic rings. The van der Waals surface area contributed by atoms with Gasteiger partial charge in [-0.05, 0) is 24.2 Å². The molecule has 0 heterocycles. The third-order valence-electron chi connectivity index (χ3n) is 5.49. The Hall–Kier alpha value is -3.09. The van der Waals surface area contributed by atoms with Crippen molar-refractivity contribution >= 4 is 29.9 Å². The zero-order valence-corrected chi connectivity index (χ0v) is 19.2. The minimum Gasteiger partial charge on any atom is -0.398 e. The molecule has 0 radical (unpaired) electrons. The van der Waals surface area contributed by atoms with E-state index in [4.69, 9.17) is 11.5 Å². The normalized spacial score (nSPS) is 11.6. The summed E-state index contributed by atoms with van der Waals surface area (Å²) >= 11 is 0. The van der Waals surface area contributed by atoms with Crippen LogP contribution in [0.5, 0.6) is 0 Å². The monoisotopic (exact) mass is 424 g/mol. The van der Waals surface area contributed by atoms with Gasteiger partial charge in [0.25, 0.3) is 0 Å². The SMILES string of the molecule is CC(C)(C)P(c1cccc(-c2ccccc2)c1N)c1cccc(-c2ccccc2)c1N. The first-order valence-electron chi connectivity index (χ1n) is 10.6. The molecule has 0 fully saturated rings. The maximum absolute atomic E-state index is 6.82. The minimum atomic E-state index is -0.797. The Bertz CT molecular complexity index is 1090. The molecule has 156 valence electrons. The zero-order valence-electron chi connectivity index (χ0n) is 18.3. The fourth-order valence-electron chi connectivity index (χ4n) is 4.09. The van der Waals surface area contributed by atoms with Gasteiger partial charge in [0.15, 0.2) is 0 Å². The van der Waals surface area contributed by atoms with Gasteiger partial charge >= 0.3 is 0 Å². The molecular formula is C28H29N2P. The largest absolute Gasteiger partial charge is 0.398 e. The number of anilines is 2. The van der Waals surface area contributed by atoms with E-state index in [-0.39, 0.29) is 5.16 Å². The first kappa shape index (κ1) is 21.2. The summed E-state index contributed by atoms with van der Waals surface area (Å²) < 4.78 is 0. The summed E-state index contributed by atoms with van der Waals surface area (Å²) in [5.41, 5.74) is 19.8. The van der Waals surface area contributed by atoms with Gasteiger partial charge in [0.05, 0.1) is 0 Å². The van der Waals surface area contributed by atoms with Gasteiger partial charge < -0.3 is 11.5 Å². The Morgan fingerprint density at radius 1 is 0.516 bits per heavy atom. The first-order valence-corrected chi connectivity index (χ1v) is 11.9. The average molecular weight is 425 g/mol. The van der Waals surface area contributed by atoms with E-state index < -0.39 is 7.92 Å². The summed E-state index contributed by atoms with van der Waals surface area (Å²) in [4.78, 5) is 0. The molecule has 0 aliphatic rings. The molecule has 0 atom stereocenters. The standard InChI is InChI=1S/C28H29N2P/c1-28(2,3)31(24-18-10-16-22(26(24)29)20-12-6-4-7-13-20)25-19-11-17-23(27(25)30)21-14-8-5-9-15-21/h4-19H,29-30H2,1-3H3. The van der Waals surface area contributed by atoms with Gasteiger partial charge in [-0.25, -0.2) is 0 Å². The third-order valence-corrected chi connectivity index (χ3v) is 8.57. The molecule has 4 aromatic carbocycles. The van der Waals surface area contributed by atoms with Crippen LogP contribution in [0.1, 0.15) is 20.8 Å². The number of nitrogens with two attached hydrogens (primary N) is 2. The van der Waals surface area contributed by atoms with Gasteiger partial charge in [-0.15, -0.1) is 0 Å². The number of benzene rings is 4. The van der Waals surface area contributed by atoms with Gasteiger partial charge in [-0.1, -0.05) is 118 Å². The van der Waals surface area contributed by atoms with Crippen molar-refractivity contribution in [2.75, 3.05) is 11.5 Å². The fraction of sp³-hybridized carbons (Fsp3) is 0.143. The predicted octanol–water partition coefficient (Wildman–Crippen LogP) is 6.42. The lowest BCUT2D eigenvalue weighted by molar-refractivity contribution is 0.793. The number of nitrogen functional groups attached to an aromatic ring is 2. The van der Waals surface area contributed by atoms with Crippen LogP contribution in [0.2, 0.25) is 0 Å². The molecule has 4 rings (SSSR count). The predicted molar refractivity (Wildman–Crippen MR) is 139 cm³/mol. The Kier molecular flexibility index (Phi) is 5.85. The number of hydrogen-bond donors (Lipinski definition) is 2. The highest BCUT2D eigenvalue weighted by molar-refractivity contribution is 7.75. The van der Waals surface area contributed by atoms with Crippen molar-refractivity contribution in [1.29, 1.82) is 0 Å². The zero-order chi connectivity index (χ0) is 22.0. The molecule has 0 unspecified atom stereocenters. The van der Waals surface area contributed by atoms with Crippen molar-refractivity contribution in [3.05, 3.63) is 97.1 Å². The van der Waals surface area contributed by atoms with Crippen LogP contribution >= 0.6 is 7.92 Å². The Morgan fingerprint density at radius 3 is 1.26 bits per heavy atom. The van der Waals surface area contributed by atoms with Gasteiger partial charge in [-0.2, -0.15) is 0 Å². The molecular weight excluding hydrogens is 395 g/mol.